The number of halogens is 1. The normalized spacial score (nSPS) is 12.1. The summed E-state index contributed by atoms with van der Waals surface area (Å²) in [5, 5.41) is 11.6. The molecule has 0 radical (unpaired) electrons. The fraction of sp³-hybridized carbons (Fsp3) is 0.154. The second-order valence-corrected chi connectivity index (χ2v) is 5.09. The highest BCUT2D eigenvalue weighted by Gasteiger charge is 2.21. The number of aliphatic carboxylic acids is 1. The fourth-order valence-corrected chi connectivity index (χ4v) is 2.41. The largest absolute Gasteiger partial charge is 0.492 e. The van der Waals surface area contributed by atoms with Crippen LogP contribution < -0.4 is 4.74 Å². The predicted octanol–water partition coefficient (Wildman–Crippen LogP) is 3.65. The molecule has 1 heterocycles. The molecule has 0 aliphatic heterocycles. The van der Waals surface area contributed by atoms with Gasteiger partial charge in [-0.3, -0.25) is 4.79 Å². The van der Waals surface area contributed by atoms with E-state index < -0.39 is 11.9 Å². The predicted molar refractivity (Wildman–Crippen MR) is 71.6 cm³/mol. The van der Waals surface area contributed by atoms with Crippen molar-refractivity contribution in [3.63, 3.8) is 0 Å². The average molecular weight is 283 g/mol. The first-order valence-corrected chi connectivity index (χ1v) is 6.57. The number of benzene rings is 1. The molecule has 1 aromatic heterocycles. The van der Waals surface area contributed by atoms with Gasteiger partial charge in [0.1, 0.15) is 18.3 Å². The molecule has 0 saturated carbocycles. The van der Waals surface area contributed by atoms with Gasteiger partial charge < -0.3 is 9.84 Å². The summed E-state index contributed by atoms with van der Waals surface area (Å²) < 4.78 is 5.48. The molecule has 1 aromatic carbocycles. The number of carboxylic acid groups (broad SMARTS) is 1. The Kier molecular flexibility index (Phi) is 4.23. The summed E-state index contributed by atoms with van der Waals surface area (Å²) in [4.78, 5) is 12.0. The second kappa shape index (κ2) is 5.89. The SMILES string of the molecule is O=C(O)C(COc1ccc(Cl)cc1)c1cccs1. The smallest absolute Gasteiger partial charge is 0.315 e. The van der Waals surface area contributed by atoms with Crippen molar-refractivity contribution in [2.24, 2.45) is 0 Å². The molecule has 1 N–H and O–H groups in total. The van der Waals surface area contributed by atoms with Crippen LogP contribution in [0.2, 0.25) is 5.02 Å². The van der Waals surface area contributed by atoms with E-state index in [0.717, 1.165) is 4.88 Å². The maximum Gasteiger partial charge on any atom is 0.315 e. The van der Waals surface area contributed by atoms with Crippen LogP contribution in [-0.4, -0.2) is 17.7 Å². The number of hydrogen-bond acceptors (Lipinski definition) is 3. The molecule has 0 fully saturated rings. The fourth-order valence-electron chi connectivity index (χ4n) is 1.48. The lowest BCUT2D eigenvalue weighted by Crippen LogP contribution is -2.18. The van der Waals surface area contributed by atoms with Crippen molar-refractivity contribution < 1.29 is 14.6 Å². The van der Waals surface area contributed by atoms with Gasteiger partial charge >= 0.3 is 5.97 Å². The van der Waals surface area contributed by atoms with E-state index in [0.29, 0.717) is 10.8 Å². The van der Waals surface area contributed by atoms with Crippen LogP contribution in [0.3, 0.4) is 0 Å². The Morgan fingerprint density at radius 3 is 2.61 bits per heavy atom. The van der Waals surface area contributed by atoms with Crippen molar-refractivity contribution in [1.82, 2.24) is 0 Å². The first kappa shape index (κ1) is 12.9. The number of carbonyl (C=O) groups is 1. The molecule has 2 aromatic rings. The number of rotatable bonds is 5. The number of thiophene rings is 1. The molecule has 94 valence electrons. The van der Waals surface area contributed by atoms with Crippen molar-refractivity contribution in [3.05, 3.63) is 51.7 Å². The molecule has 5 heteroatoms. The number of carboxylic acids is 1. The Morgan fingerprint density at radius 2 is 2.06 bits per heavy atom. The van der Waals surface area contributed by atoms with Gasteiger partial charge in [0.25, 0.3) is 0 Å². The van der Waals surface area contributed by atoms with E-state index in [-0.39, 0.29) is 6.61 Å². The molecule has 0 amide bonds. The van der Waals surface area contributed by atoms with E-state index >= 15 is 0 Å². The Hall–Kier alpha value is -1.52. The van der Waals surface area contributed by atoms with Gasteiger partial charge in [-0.05, 0) is 35.7 Å². The lowest BCUT2D eigenvalue weighted by Gasteiger charge is -2.12. The second-order valence-electron chi connectivity index (χ2n) is 3.67. The van der Waals surface area contributed by atoms with E-state index in [9.17, 15) is 9.90 Å². The van der Waals surface area contributed by atoms with Gasteiger partial charge in [-0.2, -0.15) is 0 Å². The van der Waals surface area contributed by atoms with Crippen LogP contribution in [0, 0.1) is 0 Å². The molecule has 0 spiro atoms. The number of hydrogen-bond donors (Lipinski definition) is 1. The highest BCUT2D eigenvalue weighted by Crippen LogP contribution is 2.23. The van der Waals surface area contributed by atoms with Crippen LogP contribution >= 0.6 is 22.9 Å². The Labute approximate surface area is 114 Å². The Bertz CT molecular complexity index is 508. The average Bonchev–Trinajstić information content (AvgIpc) is 2.85. The zero-order chi connectivity index (χ0) is 13.0. The molecule has 0 aliphatic rings. The van der Waals surface area contributed by atoms with Crippen molar-refractivity contribution in [3.8, 4) is 5.75 Å². The quantitative estimate of drug-likeness (QED) is 0.910. The van der Waals surface area contributed by atoms with Gasteiger partial charge in [-0.25, -0.2) is 0 Å². The molecular formula is C13H11ClO3S. The van der Waals surface area contributed by atoms with E-state index in [1.807, 2.05) is 11.4 Å². The monoisotopic (exact) mass is 282 g/mol. The minimum atomic E-state index is -0.883. The van der Waals surface area contributed by atoms with Crippen molar-refractivity contribution >= 4 is 28.9 Å². The van der Waals surface area contributed by atoms with Crippen molar-refractivity contribution in [1.29, 1.82) is 0 Å². The molecule has 0 bridgehead atoms. The third-order valence-corrected chi connectivity index (χ3v) is 3.65. The summed E-state index contributed by atoms with van der Waals surface area (Å²) in [6.07, 6.45) is 0. The van der Waals surface area contributed by atoms with Crippen LogP contribution in [0.5, 0.6) is 5.75 Å². The first-order chi connectivity index (χ1) is 8.66. The van der Waals surface area contributed by atoms with E-state index in [1.54, 1.807) is 30.3 Å². The molecule has 1 atom stereocenters. The van der Waals surface area contributed by atoms with Gasteiger partial charge in [0.2, 0.25) is 0 Å². The molecule has 3 nitrogen and oxygen atoms in total. The van der Waals surface area contributed by atoms with Crippen LogP contribution in [0.1, 0.15) is 10.8 Å². The van der Waals surface area contributed by atoms with Crippen molar-refractivity contribution in [2.45, 2.75) is 5.92 Å². The topological polar surface area (TPSA) is 46.5 Å². The Balaban J connectivity index is 2.02. The summed E-state index contributed by atoms with van der Waals surface area (Å²) in [5.74, 6) is -0.908. The lowest BCUT2D eigenvalue weighted by atomic mass is 10.1. The summed E-state index contributed by atoms with van der Waals surface area (Å²) in [5.41, 5.74) is 0. The molecule has 1 unspecified atom stereocenters. The van der Waals surface area contributed by atoms with E-state index in [4.69, 9.17) is 16.3 Å². The molecule has 0 aliphatic carbocycles. The standard InChI is InChI=1S/C13H11ClO3S/c14-9-3-5-10(6-4-9)17-8-11(13(15)16)12-2-1-7-18-12/h1-7,11H,8H2,(H,15,16). The summed E-state index contributed by atoms with van der Waals surface area (Å²) in [6, 6.07) is 10.5. The minimum absolute atomic E-state index is 0.109. The van der Waals surface area contributed by atoms with Gasteiger partial charge in [0.05, 0.1) is 0 Å². The zero-order valence-electron chi connectivity index (χ0n) is 9.38. The summed E-state index contributed by atoms with van der Waals surface area (Å²) in [7, 11) is 0. The summed E-state index contributed by atoms with van der Waals surface area (Å²) in [6.45, 7) is 0.109. The third-order valence-electron chi connectivity index (χ3n) is 2.42. The van der Waals surface area contributed by atoms with Gasteiger partial charge in [0, 0.05) is 9.90 Å². The Morgan fingerprint density at radius 1 is 1.33 bits per heavy atom. The van der Waals surface area contributed by atoms with Crippen LogP contribution in [0.15, 0.2) is 41.8 Å². The maximum absolute atomic E-state index is 11.2. The van der Waals surface area contributed by atoms with Crippen molar-refractivity contribution in [2.75, 3.05) is 6.61 Å². The highest BCUT2D eigenvalue weighted by atomic mass is 35.5. The first-order valence-electron chi connectivity index (χ1n) is 5.31. The summed E-state index contributed by atoms with van der Waals surface area (Å²) >= 11 is 7.17. The third kappa shape index (κ3) is 3.24. The molecule has 18 heavy (non-hydrogen) atoms. The van der Waals surface area contributed by atoms with E-state index in [2.05, 4.69) is 0 Å². The maximum atomic E-state index is 11.2. The minimum Gasteiger partial charge on any atom is -0.492 e. The molecule has 0 saturated heterocycles. The number of ether oxygens (including phenoxy) is 1. The van der Waals surface area contributed by atoms with E-state index in [1.165, 1.54) is 11.3 Å². The van der Waals surface area contributed by atoms with Gasteiger partial charge in [0.15, 0.2) is 0 Å². The molecular weight excluding hydrogens is 272 g/mol. The lowest BCUT2D eigenvalue weighted by molar-refractivity contribution is -0.139. The molecule has 2 rings (SSSR count). The van der Waals surface area contributed by atoms with Crippen LogP contribution in [0.4, 0.5) is 0 Å². The highest BCUT2D eigenvalue weighted by molar-refractivity contribution is 7.10. The zero-order valence-corrected chi connectivity index (χ0v) is 10.9. The van der Waals surface area contributed by atoms with Gasteiger partial charge in [-0.15, -0.1) is 11.3 Å². The van der Waals surface area contributed by atoms with Crippen LogP contribution in [0.25, 0.3) is 0 Å². The van der Waals surface area contributed by atoms with Gasteiger partial charge in [-0.1, -0.05) is 17.7 Å². The van der Waals surface area contributed by atoms with Crippen LogP contribution in [-0.2, 0) is 4.79 Å².